The van der Waals surface area contributed by atoms with Crippen molar-refractivity contribution in [3.8, 4) is 0 Å². The maximum absolute atomic E-state index is 10.2. The van der Waals surface area contributed by atoms with Crippen LogP contribution >= 0.6 is 0 Å². The van der Waals surface area contributed by atoms with Crippen molar-refractivity contribution in [3.05, 3.63) is 12.3 Å². The third kappa shape index (κ3) is 4.44. The number of isocyanates is 1. The van der Waals surface area contributed by atoms with E-state index in [1.54, 1.807) is 0 Å². The van der Waals surface area contributed by atoms with Gasteiger partial charge in [-0.15, -0.1) is 0 Å². The van der Waals surface area contributed by atoms with Crippen molar-refractivity contribution in [3.63, 3.8) is 0 Å². The Morgan fingerprint density at radius 3 is 2.89 bits per heavy atom. The van der Waals surface area contributed by atoms with Crippen LogP contribution in [0.25, 0.3) is 0 Å². The van der Waals surface area contributed by atoms with Crippen molar-refractivity contribution in [1.82, 2.24) is 0 Å². The Morgan fingerprint density at radius 1 is 1.78 bits per heavy atom. The molecule has 0 N–H and O–H groups in total. The number of rotatable bonds is 2. The zero-order chi connectivity index (χ0) is 7.11. The lowest BCUT2D eigenvalue weighted by molar-refractivity contribution is -0.134. The van der Waals surface area contributed by atoms with Gasteiger partial charge in [0.2, 0.25) is 6.08 Å². The second-order valence-electron chi connectivity index (χ2n) is 1.06. The minimum atomic E-state index is -0.547. The number of hydrogen-bond acceptors (Lipinski definition) is 4. The van der Waals surface area contributed by atoms with Crippen LogP contribution in [0, 0.1) is 0 Å². The molecular weight excluding hydrogens is 122 g/mol. The Labute approximate surface area is 51.8 Å². The maximum Gasteiger partial charge on any atom is 0.332 e. The largest absolute Gasteiger partial charge is 0.466 e. The lowest BCUT2D eigenvalue weighted by Crippen LogP contribution is -1.92. The Hall–Kier alpha value is -1.41. The van der Waals surface area contributed by atoms with E-state index >= 15 is 0 Å². The van der Waals surface area contributed by atoms with Crippen molar-refractivity contribution < 1.29 is 14.3 Å². The molecule has 9 heavy (non-hydrogen) atoms. The number of nitrogens with zero attached hydrogens (tertiary/aromatic N) is 1. The van der Waals surface area contributed by atoms with E-state index in [0.717, 1.165) is 12.3 Å². The standard InChI is InChI=1S/C5H5NO3/c1-9-5(8)2-3-6-4-7/h2-3H,1H3/b3-2+. The molecule has 0 aromatic carbocycles. The maximum atomic E-state index is 10.2. The summed E-state index contributed by atoms with van der Waals surface area (Å²) < 4.78 is 4.18. The monoisotopic (exact) mass is 127 g/mol. The molecule has 0 bridgehead atoms. The topological polar surface area (TPSA) is 55.7 Å². The van der Waals surface area contributed by atoms with Gasteiger partial charge in [-0.3, -0.25) is 0 Å². The van der Waals surface area contributed by atoms with Crippen molar-refractivity contribution in [2.45, 2.75) is 0 Å². The Bertz CT molecular complexity index is 167. The van der Waals surface area contributed by atoms with Gasteiger partial charge in [-0.25, -0.2) is 9.59 Å². The summed E-state index contributed by atoms with van der Waals surface area (Å²) in [5, 5.41) is 0. The highest BCUT2D eigenvalue weighted by Crippen LogP contribution is 1.76. The summed E-state index contributed by atoms with van der Waals surface area (Å²) in [5.74, 6) is -0.547. The average molecular weight is 127 g/mol. The lowest BCUT2D eigenvalue weighted by atomic mass is 10.6. The van der Waals surface area contributed by atoms with Crippen LogP contribution in [-0.4, -0.2) is 19.2 Å². The van der Waals surface area contributed by atoms with E-state index in [0.29, 0.717) is 0 Å². The quantitative estimate of drug-likeness (QED) is 0.227. The molecule has 0 unspecified atom stereocenters. The summed E-state index contributed by atoms with van der Waals surface area (Å²) in [6.07, 6.45) is 3.26. The predicted octanol–water partition coefficient (Wildman–Crippen LogP) is 0.00890. The summed E-state index contributed by atoms with van der Waals surface area (Å²) in [5.41, 5.74) is 0. The van der Waals surface area contributed by atoms with Crippen LogP contribution in [0.3, 0.4) is 0 Å². The first-order valence-corrected chi connectivity index (χ1v) is 2.12. The van der Waals surface area contributed by atoms with Gasteiger partial charge in [-0.2, -0.15) is 4.99 Å². The van der Waals surface area contributed by atoms with E-state index < -0.39 is 5.97 Å². The first-order chi connectivity index (χ1) is 4.31. The molecule has 0 aromatic rings. The van der Waals surface area contributed by atoms with Crippen LogP contribution in [0.5, 0.6) is 0 Å². The van der Waals surface area contributed by atoms with Gasteiger partial charge in [0.15, 0.2) is 0 Å². The first kappa shape index (κ1) is 7.59. The van der Waals surface area contributed by atoms with Gasteiger partial charge in [0.25, 0.3) is 0 Å². The van der Waals surface area contributed by atoms with E-state index in [4.69, 9.17) is 0 Å². The Balaban J connectivity index is 3.70. The summed E-state index contributed by atoms with van der Waals surface area (Å²) >= 11 is 0. The minimum Gasteiger partial charge on any atom is -0.466 e. The van der Waals surface area contributed by atoms with E-state index in [-0.39, 0.29) is 0 Å². The van der Waals surface area contributed by atoms with Crippen molar-refractivity contribution in [1.29, 1.82) is 0 Å². The third-order valence-corrected chi connectivity index (χ3v) is 0.539. The molecular formula is C5H5NO3. The Morgan fingerprint density at radius 2 is 2.44 bits per heavy atom. The molecule has 0 radical (unpaired) electrons. The van der Waals surface area contributed by atoms with Crippen molar-refractivity contribution in [2.24, 2.45) is 4.99 Å². The van der Waals surface area contributed by atoms with Crippen molar-refractivity contribution >= 4 is 12.0 Å². The number of carbonyl (C=O) groups excluding carboxylic acids is 2. The highest BCUT2D eigenvalue weighted by atomic mass is 16.5. The van der Waals surface area contributed by atoms with Crippen LogP contribution in [0.2, 0.25) is 0 Å². The molecule has 4 heteroatoms. The molecule has 0 amide bonds. The summed E-state index contributed by atoms with van der Waals surface area (Å²) in [6.45, 7) is 0. The molecule has 0 aliphatic heterocycles. The smallest absolute Gasteiger partial charge is 0.332 e. The predicted molar refractivity (Wildman–Crippen MR) is 29.3 cm³/mol. The van der Waals surface area contributed by atoms with Gasteiger partial charge >= 0.3 is 5.97 Å². The molecule has 0 rings (SSSR count). The van der Waals surface area contributed by atoms with Gasteiger partial charge in [-0.05, 0) is 0 Å². The lowest BCUT2D eigenvalue weighted by Gasteiger charge is -1.84. The molecule has 0 saturated heterocycles. The van der Waals surface area contributed by atoms with E-state index in [1.807, 2.05) is 0 Å². The number of hydrogen-bond donors (Lipinski definition) is 0. The molecule has 0 aromatic heterocycles. The van der Waals surface area contributed by atoms with E-state index in [2.05, 4.69) is 9.73 Å². The average Bonchev–Trinajstić information content (AvgIpc) is 1.89. The SMILES string of the molecule is COC(=O)/C=C/N=C=O. The number of ether oxygens (including phenoxy) is 1. The van der Waals surface area contributed by atoms with Crippen LogP contribution in [0.15, 0.2) is 17.3 Å². The molecule has 0 saturated carbocycles. The fourth-order valence-corrected chi connectivity index (χ4v) is 0.197. The number of esters is 1. The van der Waals surface area contributed by atoms with E-state index in [1.165, 1.54) is 13.2 Å². The van der Waals surface area contributed by atoms with Crippen LogP contribution in [0.1, 0.15) is 0 Å². The first-order valence-electron chi connectivity index (χ1n) is 2.12. The summed E-state index contributed by atoms with van der Waals surface area (Å²) in [4.78, 5) is 22.5. The molecule has 0 atom stereocenters. The van der Waals surface area contributed by atoms with Crippen LogP contribution in [-0.2, 0) is 14.3 Å². The Kier molecular flexibility index (Phi) is 4.00. The second kappa shape index (κ2) is 4.74. The number of carbonyl (C=O) groups is 1. The zero-order valence-corrected chi connectivity index (χ0v) is 4.83. The van der Waals surface area contributed by atoms with Gasteiger partial charge in [-0.1, -0.05) is 0 Å². The van der Waals surface area contributed by atoms with Gasteiger partial charge < -0.3 is 4.74 Å². The second-order valence-corrected chi connectivity index (χ2v) is 1.06. The molecule has 0 aliphatic carbocycles. The molecule has 0 fully saturated rings. The van der Waals surface area contributed by atoms with Crippen LogP contribution < -0.4 is 0 Å². The fraction of sp³-hybridized carbons (Fsp3) is 0.200. The number of methoxy groups -OCH3 is 1. The van der Waals surface area contributed by atoms with Gasteiger partial charge in [0.1, 0.15) is 0 Å². The summed E-state index contributed by atoms with van der Waals surface area (Å²) in [7, 11) is 1.23. The zero-order valence-electron chi connectivity index (χ0n) is 4.83. The number of aliphatic imine (C=N–C) groups is 1. The molecule has 4 nitrogen and oxygen atoms in total. The normalized spacial score (nSPS) is 8.56. The third-order valence-electron chi connectivity index (χ3n) is 0.539. The molecule has 48 valence electrons. The molecule has 0 heterocycles. The molecule has 0 spiro atoms. The van der Waals surface area contributed by atoms with E-state index in [9.17, 15) is 9.59 Å². The van der Waals surface area contributed by atoms with Crippen molar-refractivity contribution in [2.75, 3.05) is 7.11 Å². The highest BCUT2D eigenvalue weighted by Gasteiger charge is 1.86. The molecule has 0 aliphatic rings. The van der Waals surface area contributed by atoms with Gasteiger partial charge in [0.05, 0.1) is 7.11 Å². The minimum absolute atomic E-state index is 0.547. The van der Waals surface area contributed by atoms with Crippen LogP contribution in [0.4, 0.5) is 0 Å². The highest BCUT2D eigenvalue weighted by molar-refractivity contribution is 5.81. The summed E-state index contributed by atoms with van der Waals surface area (Å²) in [6, 6.07) is 0. The fourth-order valence-electron chi connectivity index (χ4n) is 0.197. The van der Waals surface area contributed by atoms with Gasteiger partial charge in [0, 0.05) is 12.3 Å².